The van der Waals surface area contributed by atoms with Gasteiger partial charge in [0.1, 0.15) is 6.04 Å². The van der Waals surface area contributed by atoms with Crippen LogP contribution in [0.25, 0.3) is 11.4 Å². The summed E-state index contributed by atoms with van der Waals surface area (Å²) < 4.78 is 5.06. The van der Waals surface area contributed by atoms with Crippen LogP contribution in [0.3, 0.4) is 0 Å². The Morgan fingerprint density at radius 1 is 1.35 bits per heavy atom. The fourth-order valence-electron chi connectivity index (χ4n) is 1.50. The molecule has 0 amide bonds. The monoisotopic (exact) mass is 233 g/mol. The molecule has 6 heteroatoms. The molecule has 0 fully saturated rings. The van der Waals surface area contributed by atoms with Gasteiger partial charge < -0.3 is 10.5 Å². The molecule has 17 heavy (non-hydrogen) atoms. The minimum absolute atomic E-state index is 0.0787. The van der Waals surface area contributed by atoms with Crippen molar-refractivity contribution >= 4 is 0 Å². The third-order valence-corrected chi connectivity index (χ3v) is 2.42. The van der Waals surface area contributed by atoms with Crippen LogP contribution in [0.5, 0.6) is 0 Å². The quantitative estimate of drug-likeness (QED) is 0.813. The molecule has 1 heterocycles. The number of aromatic nitrogens is 4. The van der Waals surface area contributed by atoms with Gasteiger partial charge in [-0.25, -0.2) is 0 Å². The molecule has 2 aromatic rings. The Morgan fingerprint density at radius 3 is 2.76 bits per heavy atom. The first kappa shape index (κ1) is 11.7. The summed E-state index contributed by atoms with van der Waals surface area (Å²) in [6.45, 7) is 0.888. The minimum atomic E-state index is -0.0787. The van der Waals surface area contributed by atoms with E-state index in [0.29, 0.717) is 19.0 Å². The van der Waals surface area contributed by atoms with Gasteiger partial charge in [-0.15, -0.1) is 10.2 Å². The fraction of sp³-hybridized carbons (Fsp3) is 0.364. The van der Waals surface area contributed by atoms with Gasteiger partial charge in [0.25, 0.3) is 0 Å². The third-order valence-electron chi connectivity index (χ3n) is 2.42. The highest BCUT2D eigenvalue weighted by molar-refractivity contribution is 5.52. The van der Waals surface area contributed by atoms with Crippen LogP contribution in [0, 0.1) is 0 Å². The summed E-state index contributed by atoms with van der Waals surface area (Å²) in [6.07, 6.45) is 0. The number of ether oxygens (including phenoxy) is 1. The van der Waals surface area contributed by atoms with E-state index in [0.717, 1.165) is 5.56 Å². The van der Waals surface area contributed by atoms with Crippen LogP contribution in [0.1, 0.15) is 6.04 Å². The number of nitrogens with zero attached hydrogens (tertiary/aromatic N) is 4. The first-order valence-electron chi connectivity index (χ1n) is 5.39. The lowest BCUT2D eigenvalue weighted by molar-refractivity contribution is 0.144. The number of methoxy groups -OCH3 is 1. The van der Waals surface area contributed by atoms with E-state index in [1.807, 2.05) is 30.3 Å². The van der Waals surface area contributed by atoms with Crippen LogP contribution in [0.4, 0.5) is 0 Å². The summed E-state index contributed by atoms with van der Waals surface area (Å²) in [5.74, 6) is 0.597. The van der Waals surface area contributed by atoms with E-state index in [1.54, 1.807) is 7.11 Å². The van der Waals surface area contributed by atoms with E-state index in [-0.39, 0.29) is 6.04 Å². The SMILES string of the molecule is COCC(CN)n1nnc(-c2ccccc2)n1. The van der Waals surface area contributed by atoms with Gasteiger partial charge in [0, 0.05) is 19.2 Å². The standard InChI is InChI=1S/C11H15N5O/c1-17-8-10(7-12)16-14-11(13-15-16)9-5-3-2-4-6-9/h2-6,10H,7-8,12H2,1H3. The van der Waals surface area contributed by atoms with Crippen molar-refractivity contribution in [3.8, 4) is 11.4 Å². The first-order chi connectivity index (χ1) is 8.35. The average Bonchev–Trinajstić information content (AvgIpc) is 2.86. The van der Waals surface area contributed by atoms with Crippen LogP contribution in [0.2, 0.25) is 0 Å². The van der Waals surface area contributed by atoms with Gasteiger partial charge in [0.05, 0.1) is 6.61 Å². The first-order valence-corrected chi connectivity index (χ1v) is 5.39. The van der Waals surface area contributed by atoms with Crippen molar-refractivity contribution < 1.29 is 4.74 Å². The van der Waals surface area contributed by atoms with Gasteiger partial charge in [-0.05, 0) is 5.21 Å². The zero-order chi connectivity index (χ0) is 12.1. The highest BCUT2D eigenvalue weighted by atomic mass is 16.5. The molecule has 0 saturated heterocycles. The van der Waals surface area contributed by atoms with E-state index in [9.17, 15) is 0 Å². The molecule has 0 aliphatic heterocycles. The minimum Gasteiger partial charge on any atom is -0.382 e. The number of benzene rings is 1. The Hall–Kier alpha value is -1.79. The van der Waals surface area contributed by atoms with Gasteiger partial charge in [0.15, 0.2) is 0 Å². The van der Waals surface area contributed by atoms with Crippen molar-refractivity contribution in [2.24, 2.45) is 5.73 Å². The maximum atomic E-state index is 5.63. The van der Waals surface area contributed by atoms with Crippen LogP contribution in [-0.2, 0) is 4.74 Å². The molecular weight excluding hydrogens is 218 g/mol. The summed E-state index contributed by atoms with van der Waals surface area (Å²) >= 11 is 0. The van der Waals surface area contributed by atoms with Crippen LogP contribution >= 0.6 is 0 Å². The molecule has 0 bridgehead atoms. The van der Waals surface area contributed by atoms with Crippen molar-refractivity contribution in [1.82, 2.24) is 20.2 Å². The Kier molecular flexibility index (Phi) is 3.79. The summed E-state index contributed by atoms with van der Waals surface area (Å²) in [5, 5.41) is 12.3. The van der Waals surface area contributed by atoms with Crippen molar-refractivity contribution in [1.29, 1.82) is 0 Å². The lowest BCUT2D eigenvalue weighted by atomic mass is 10.2. The largest absolute Gasteiger partial charge is 0.382 e. The maximum Gasteiger partial charge on any atom is 0.204 e. The molecule has 6 nitrogen and oxygen atoms in total. The fourth-order valence-corrected chi connectivity index (χ4v) is 1.50. The summed E-state index contributed by atoms with van der Waals surface area (Å²) in [6, 6.07) is 9.62. The molecular formula is C11H15N5O. The van der Waals surface area contributed by atoms with E-state index >= 15 is 0 Å². The summed E-state index contributed by atoms with van der Waals surface area (Å²) in [4.78, 5) is 1.51. The molecule has 0 aliphatic carbocycles. The van der Waals surface area contributed by atoms with Gasteiger partial charge in [0.2, 0.25) is 5.82 Å². The van der Waals surface area contributed by atoms with Gasteiger partial charge in [-0.2, -0.15) is 4.80 Å². The predicted molar refractivity (Wildman–Crippen MR) is 63.2 cm³/mol. The number of rotatable bonds is 5. The van der Waals surface area contributed by atoms with Crippen LogP contribution < -0.4 is 5.73 Å². The van der Waals surface area contributed by atoms with E-state index in [2.05, 4.69) is 15.4 Å². The van der Waals surface area contributed by atoms with Crippen molar-refractivity contribution in [3.63, 3.8) is 0 Å². The topological polar surface area (TPSA) is 78.9 Å². The Morgan fingerprint density at radius 2 is 2.12 bits per heavy atom. The number of hydrogen-bond donors (Lipinski definition) is 1. The van der Waals surface area contributed by atoms with Crippen LogP contribution in [-0.4, -0.2) is 40.5 Å². The van der Waals surface area contributed by atoms with Crippen molar-refractivity contribution in [3.05, 3.63) is 30.3 Å². The predicted octanol–water partition coefficient (Wildman–Crippen LogP) is 0.486. The van der Waals surface area contributed by atoms with E-state index < -0.39 is 0 Å². The molecule has 2 N–H and O–H groups in total. The second-order valence-electron chi connectivity index (χ2n) is 3.64. The number of nitrogens with two attached hydrogens (primary N) is 1. The molecule has 1 unspecified atom stereocenters. The summed E-state index contributed by atoms with van der Waals surface area (Å²) in [5.41, 5.74) is 6.57. The lowest BCUT2D eigenvalue weighted by Crippen LogP contribution is -2.25. The van der Waals surface area contributed by atoms with Crippen molar-refractivity contribution in [2.75, 3.05) is 20.3 Å². The summed E-state index contributed by atoms with van der Waals surface area (Å²) in [7, 11) is 1.62. The number of hydrogen-bond acceptors (Lipinski definition) is 5. The second kappa shape index (κ2) is 5.51. The molecule has 1 aromatic carbocycles. The second-order valence-corrected chi connectivity index (χ2v) is 3.64. The molecule has 0 aliphatic rings. The van der Waals surface area contributed by atoms with E-state index in [1.165, 1.54) is 4.80 Å². The molecule has 1 atom stereocenters. The van der Waals surface area contributed by atoms with Crippen molar-refractivity contribution in [2.45, 2.75) is 6.04 Å². The Labute approximate surface area is 99.4 Å². The van der Waals surface area contributed by atoms with Gasteiger partial charge in [-0.3, -0.25) is 0 Å². The molecule has 2 rings (SSSR count). The third kappa shape index (κ3) is 2.66. The molecule has 1 aromatic heterocycles. The normalized spacial score (nSPS) is 12.6. The molecule has 0 saturated carbocycles. The van der Waals surface area contributed by atoms with E-state index in [4.69, 9.17) is 10.5 Å². The molecule has 0 spiro atoms. The smallest absolute Gasteiger partial charge is 0.204 e. The highest BCUT2D eigenvalue weighted by Crippen LogP contribution is 2.13. The van der Waals surface area contributed by atoms with Gasteiger partial charge in [-0.1, -0.05) is 30.3 Å². The highest BCUT2D eigenvalue weighted by Gasteiger charge is 2.13. The number of tetrazole rings is 1. The lowest BCUT2D eigenvalue weighted by Gasteiger charge is -2.10. The zero-order valence-electron chi connectivity index (χ0n) is 9.65. The Balaban J connectivity index is 2.21. The average molecular weight is 233 g/mol. The molecule has 0 radical (unpaired) electrons. The van der Waals surface area contributed by atoms with Crippen LogP contribution in [0.15, 0.2) is 30.3 Å². The maximum absolute atomic E-state index is 5.63. The Bertz CT molecular complexity index is 456. The zero-order valence-corrected chi connectivity index (χ0v) is 9.65. The molecule has 90 valence electrons. The van der Waals surface area contributed by atoms with Gasteiger partial charge >= 0.3 is 0 Å².